The van der Waals surface area contributed by atoms with Gasteiger partial charge in [-0.2, -0.15) is 10.4 Å². The van der Waals surface area contributed by atoms with Crippen LogP contribution in [-0.2, 0) is 4.79 Å². The summed E-state index contributed by atoms with van der Waals surface area (Å²) in [5.41, 5.74) is 10.3. The van der Waals surface area contributed by atoms with Crippen molar-refractivity contribution in [3.05, 3.63) is 40.1 Å². The van der Waals surface area contributed by atoms with E-state index in [1.807, 2.05) is 23.2 Å². The van der Waals surface area contributed by atoms with Crippen molar-refractivity contribution in [2.75, 3.05) is 45.2 Å². The van der Waals surface area contributed by atoms with E-state index in [-0.39, 0.29) is 18.0 Å². The molecule has 0 fully saturated rings. The van der Waals surface area contributed by atoms with Gasteiger partial charge in [-0.25, -0.2) is 5.01 Å². The monoisotopic (exact) mass is 433 g/mol. The van der Waals surface area contributed by atoms with E-state index in [1.54, 1.807) is 6.92 Å². The van der Waals surface area contributed by atoms with E-state index in [1.165, 1.54) is 16.8 Å². The van der Waals surface area contributed by atoms with Gasteiger partial charge in [-0.05, 0) is 29.5 Å². The fourth-order valence-electron chi connectivity index (χ4n) is 5.61. The van der Waals surface area contributed by atoms with Crippen LogP contribution in [0.3, 0.4) is 0 Å². The molecule has 5 rings (SSSR count). The Labute approximate surface area is 189 Å². The standard InChI is InChI=1S/C24H31N7O/c1-15-5-8-31(24-21-14-30(16(2)32)7-6-22(21)27-29(24)4)23-9-17(11-25)20(10-19(15)23)18-12-26-28(3)13-18/h9-10,12,15,18,24,27H,5-8,13-14H2,1-4H3. The van der Waals surface area contributed by atoms with Crippen molar-refractivity contribution >= 4 is 17.8 Å². The Morgan fingerprint density at radius 1 is 1.25 bits per heavy atom. The van der Waals surface area contributed by atoms with Gasteiger partial charge in [0.05, 0.1) is 11.6 Å². The molecule has 1 aromatic carbocycles. The number of hydrogen-bond acceptors (Lipinski definition) is 7. The summed E-state index contributed by atoms with van der Waals surface area (Å²) in [6, 6.07) is 6.79. The molecule has 0 aromatic heterocycles. The van der Waals surface area contributed by atoms with Gasteiger partial charge in [-0.1, -0.05) is 13.0 Å². The molecule has 0 aliphatic carbocycles. The van der Waals surface area contributed by atoms with E-state index in [4.69, 9.17) is 0 Å². The minimum atomic E-state index is 0.0370. The van der Waals surface area contributed by atoms with Crippen LogP contribution in [0.5, 0.6) is 0 Å². The van der Waals surface area contributed by atoms with Crippen LogP contribution in [0.1, 0.15) is 55.2 Å². The number of nitriles is 1. The number of hydrazine groups is 1. The Bertz CT molecular complexity index is 1060. The van der Waals surface area contributed by atoms with Gasteiger partial charge in [0, 0.05) is 82.7 Å². The average Bonchev–Trinajstić information content (AvgIpc) is 3.35. The van der Waals surface area contributed by atoms with Gasteiger partial charge in [-0.15, -0.1) is 0 Å². The molecule has 3 atom stereocenters. The maximum Gasteiger partial charge on any atom is 0.219 e. The first kappa shape index (κ1) is 20.8. The Kier molecular flexibility index (Phi) is 5.09. The molecular weight excluding hydrogens is 402 g/mol. The Morgan fingerprint density at radius 3 is 2.75 bits per heavy atom. The maximum atomic E-state index is 12.1. The van der Waals surface area contributed by atoms with Gasteiger partial charge >= 0.3 is 0 Å². The number of carbonyl (C=O) groups is 1. The highest BCUT2D eigenvalue weighted by atomic mass is 16.2. The molecule has 4 aliphatic heterocycles. The highest BCUT2D eigenvalue weighted by Gasteiger charge is 2.40. The molecule has 4 aliphatic rings. The van der Waals surface area contributed by atoms with Crippen molar-refractivity contribution in [1.82, 2.24) is 20.3 Å². The van der Waals surface area contributed by atoms with Gasteiger partial charge in [0.2, 0.25) is 5.91 Å². The third-order valence-corrected chi connectivity index (χ3v) is 7.38. The van der Waals surface area contributed by atoms with E-state index in [0.29, 0.717) is 12.5 Å². The van der Waals surface area contributed by atoms with Crippen molar-refractivity contribution in [3.8, 4) is 6.07 Å². The van der Waals surface area contributed by atoms with Crippen LogP contribution in [0.25, 0.3) is 0 Å². The number of amides is 1. The van der Waals surface area contributed by atoms with Crippen LogP contribution in [0.2, 0.25) is 0 Å². The van der Waals surface area contributed by atoms with Gasteiger partial charge in [0.25, 0.3) is 0 Å². The Morgan fingerprint density at radius 2 is 2.06 bits per heavy atom. The molecule has 0 bridgehead atoms. The quantitative estimate of drug-likeness (QED) is 0.770. The predicted octanol–water partition coefficient (Wildman–Crippen LogP) is 2.17. The lowest BCUT2D eigenvalue weighted by Gasteiger charge is -2.42. The van der Waals surface area contributed by atoms with E-state index >= 15 is 0 Å². The van der Waals surface area contributed by atoms with Gasteiger partial charge < -0.3 is 15.2 Å². The molecular formula is C24H31N7O. The van der Waals surface area contributed by atoms with Crippen LogP contribution < -0.4 is 10.3 Å². The maximum absolute atomic E-state index is 12.1. The number of anilines is 1. The van der Waals surface area contributed by atoms with Crippen LogP contribution in [0.15, 0.2) is 28.5 Å². The summed E-state index contributed by atoms with van der Waals surface area (Å²) in [6.45, 7) is 7.06. The number of fused-ring (bicyclic) bond motifs is 1. The number of carbonyl (C=O) groups excluding carboxylic acids is 1. The lowest BCUT2D eigenvalue weighted by molar-refractivity contribution is -0.128. The van der Waals surface area contributed by atoms with E-state index < -0.39 is 0 Å². The summed E-state index contributed by atoms with van der Waals surface area (Å²) in [4.78, 5) is 16.4. The molecule has 1 aromatic rings. The van der Waals surface area contributed by atoms with E-state index in [9.17, 15) is 10.1 Å². The molecule has 0 saturated heterocycles. The second kappa shape index (κ2) is 7.82. The summed E-state index contributed by atoms with van der Waals surface area (Å²) in [6.07, 6.45) is 3.90. The zero-order valence-electron chi connectivity index (χ0n) is 19.3. The number of hydrazone groups is 1. The SMILES string of the molecule is CC(=O)N1CCC2=C(C1)C(N1CCC(C)c3cc(C4C=NN(C)C4)c(C#N)cc31)N(C)N2. The number of hydrogen-bond donors (Lipinski definition) is 1. The highest BCUT2D eigenvalue weighted by molar-refractivity contribution is 5.75. The number of nitrogens with zero attached hydrogens (tertiary/aromatic N) is 6. The van der Waals surface area contributed by atoms with Crippen LogP contribution in [0, 0.1) is 11.3 Å². The van der Waals surface area contributed by atoms with E-state index in [0.717, 1.165) is 49.3 Å². The summed E-state index contributed by atoms with van der Waals surface area (Å²) in [7, 11) is 4.04. The Hall–Kier alpha value is -3.05. The molecule has 8 heteroatoms. The third kappa shape index (κ3) is 3.32. The van der Waals surface area contributed by atoms with Crippen molar-refractivity contribution in [2.45, 2.75) is 44.7 Å². The molecule has 168 valence electrons. The van der Waals surface area contributed by atoms with E-state index in [2.05, 4.69) is 52.6 Å². The predicted molar refractivity (Wildman–Crippen MR) is 124 cm³/mol. The second-order valence-electron chi connectivity index (χ2n) is 9.50. The molecule has 0 radical (unpaired) electrons. The van der Waals surface area contributed by atoms with Gasteiger partial charge in [0.1, 0.15) is 6.17 Å². The molecule has 32 heavy (non-hydrogen) atoms. The number of benzene rings is 1. The zero-order chi connectivity index (χ0) is 22.6. The fraction of sp³-hybridized carbons (Fsp3) is 0.542. The first-order valence-electron chi connectivity index (χ1n) is 11.4. The number of likely N-dealkylation sites (N-methyl/N-ethyl adjacent to an activating group) is 2. The van der Waals surface area contributed by atoms with Crippen molar-refractivity contribution in [1.29, 1.82) is 5.26 Å². The van der Waals surface area contributed by atoms with Crippen LogP contribution in [-0.4, -0.2) is 73.5 Å². The average molecular weight is 434 g/mol. The highest BCUT2D eigenvalue weighted by Crippen LogP contribution is 2.42. The molecule has 1 N–H and O–H groups in total. The molecule has 4 heterocycles. The molecule has 0 saturated carbocycles. The van der Waals surface area contributed by atoms with Gasteiger partial charge in [0.15, 0.2) is 0 Å². The van der Waals surface area contributed by atoms with Crippen LogP contribution >= 0.6 is 0 Å². The van der Waals surface area contributed by atoms with Crippen molar-refractivity contribution in [2.24, 2.45) is 5.10 Å². The minimum Gasteiger partial charge on any atom is -0.350 e. The largest absolute Gasteiger partial charge is 0.350 e. The summed E-state index contributed by atoms with van der Waals surface area (Å²) >= 11 is 0. The fourth-order valence-corrected chi connectivity index (χ4v) is 5.61. The topological polar surface area (TPSA) is 78.2 Å². The Balaban J connectivity index is 1.55. The summed E-state index contributed by atoms with van der Waals surface area (Å²) < 4.78 is 0. The molecule has 8 nitrogen and oxygen atoms in total. The van der Waals surface area contributed by atoms with Crippen molar-refractivity contribution < 1.29 is 4.79 Å². The molecule has 1 amide bonds. The lowest BCUT2D eigenvalue weighted by Crippen LogP contribution is -2.51. The molecule has 3 unspecified atom stereocenters. The summed E-state index contributed by atoms with van der Waals surface area (Å²) in [5.74, 6) is 0.698. The second-order valence-corrected chi connectivity index (χ2v) is 9.50. The van der Waals surface area contributed by atoms with Crippen LogP contribution in [0.4, 0.5) is 5.69 Å². The zero-order valence-corrected chi connectivity index (χ0v) is 19.3. The number of rotatable bonds is 2. The smallest absolute Gasteiger partial charge is 0.219 e. The minimum absolute atomic E-state index is 0.0370. The van der Waals surface area contributed by atoms with Gasteiger partial charge in [-0.3, -0.25) is 9.80 Å². The first-order valence-corrected chi connectivity index (χ1v) is 11.4. The lowest BCUT2D eigenvalue weighted by atomic mass is 9.84. The first-order chi connectivity index (χ1) is 15.4. The number of nitrogens with one attached hydrogen (secondary N) is 1. The third-order valence-electron chi connectivity index (χ3n) is 7.38. The van der Waals surface area contributed by atoms with Crippen molar-refractivity contribution in [3.63, 3.8) is 0 Å². The normalized spacial score (nSPS) is 27.3. The summed E-state index contributed by atoms with van der Waals surface area (Å²) in [5, 5.41) is 18.5. The molecule has 0 spiro atoms.